The summed E-state index contributed by atoms with van der Waals surface area (Å²) in [6.07, 6.45) is 0.853. The zero-order valence-corrected chi connectivity index (χ0v) is 12.0. The monoisotopic (exact) mass is 284 g/mol. The van der Waals surface area contributed by atoms with Crippen LogP contribution in [0.3, 0.4) is 0 Å². The molecular weight excluding hydrogens is 268 g/mol. The molecule has 0 aliphatic carbocycles. The van der Waals surface area contributed by atoms with Crippen LogP contribution < -0.4 is 4.90 Å². The summed E-state index contributed by atoms with van der Waals surface area (Å²) in [4.78, 5) is 17.6. The molecule has 0 saturated heterocycles. The fourth-order valence-corrected chi connectivity index (χ4v) is 2.44. The number of fused-ring (bicyclic) bond motifs is 1. The predicted molar refractivity (Wildman–Crippen MR) is 77.5 cm³/mol. The molecule has 0 bridgehead atoms. The number of hydrogen-bond acceptors (Lipinski definition) is 5. The van der Waals surface area contributed by atoms with Crippen molar-refractivity contribution in [3.63, 3.8) is 0 Å². The lowest BCUT2D eigenvalue weighted by atomic mass is 9.97. The van der Waals surface area contributed by atoms with Crippen LogP contribution >= 0.6 is 0 Å². The summed E-state index contributed by atoms with van der Waals surface area (Å²) in [5.41, 5.74) is 4.21. The van der Waals surface area contributed by atoms with Crippen LogP contribution in [0, 0.1) is 13.8 Å². The standard InChI is InChI=1S/C15H16N4O2/c1-9-10(2)17-18-15(16-9)19-6-5-11-3-4-12(14(20)21)7-13(11)8-19/h3-4,7H,5-6,8H2,1-2H3,(H,20,21). The number of carboxylic acids is 1. The number of carbonyl (C=O) groups is 1. The first-order valence-corrected chi connectivity index (χ1v) is 6.82. The molecule has 6 nitrogen and oxygen atoms in total. The maximum Gasteiger partial charge on any atom is 0.335 e. The molecule has 21 heavy (non-hydrogen) atoms. The second-order valence-corrected chi connectivity index (χ2v) is 5.24. The van der Waals surface area contributed by atoms with Crippen molar-refractivity contribution in [1.29, 1.82) is 0 Å². The van der Waals surface area contributed by atoms with E-state index in [1.807, 2.05) is 24.8 Å². The highest BCUT2D eigenvalue weighted by Crippen LogP contribution is 2.23. The van der Waals surface area contributed by atoms with Crippen molar-refractivity contribution in [2.75, 3.05) is 11.4 Å². The molecule has 2 heterocycles. The van der Waals surface area contributed by atoms with Crippen molar-refractivity contribution in [3.05, 3.63) is 46.3 Å². The molecule has 1 aliphatic rings. The van der Waals surface area contributed by atoms with E-state index >= 15 is 0 Å². The first-order chi connectivity index (χ1) is 10.0. The van der Waals surface area contributed by atoms with Gasteiger partial charge in [-0.15, -0.1) is 5.10 Å². The smallest absolute Gasteiger partial charge is 0.335 e. The number of aromatic carboxylic acids is 1. The predicted octanol–water partition coefficient (Wildman–Crippen LogP) is 1.75. The summed E-state index contributed by atoms with van der Waals surface area (Å²) < 4.78 is 0. The van der Waals surface area contributed by atoms with Crippen LogP contribution in [-0.2, 0) is 13.0 Å². The van der Waals surface area contributed by atoms with Crippen molar-refractivity contribution >= 4 is 11.9 Å². The molecule has 0 spiro atoms. The van der Waals surface area contributed by atoms with Crippen molar-refractivity contribution in [2.24, 2.45) is 0 Å². The molecule has 1 N–H and O–H groups in total. The normalized spacial score (nSPS) is 13.9. The van der Waals surface area contributed by atoms with Crippen molar-refractivity contribution in [2.45, 2.75) is 26.8 Å². The van der Waals surface area contributed by atoms with Gasteiger partial charge in [0.1, 0.15) is 0 Å². The van der Waals surface area contributed by atoms with Gasteiger partial charge >= 0.3 is 5.97 Å². The largest absolute Gasteiger partial charge is 0.478 e. The molecule has 0 unspecified atom stereocenters. The lowest BCUT2D eigenvalue weighted by Crippen LogP contribution is -2.32. The lowest BCUT2D eigenvalue weighted by molar-refractivity contribution is 0.0696. The van der Waals surface area contributed by atoms with Crippen LogP contribution in [0.1, 0.15) is 32.9 Å². The zero-order chi connectivity index (χ0) is 15.0. The van der Waals surface area contributed by atoms with E-state index in [0.717, 1.165) is 29.9 Å². The van der Waals surface area contributed by atoms with Gasteiger partial charge in [-0.1, -0.05) is 6.07 Å². The van der Waals surface area contributed by atoms with E-state index in [1.165, 1.54) is 5.56 Å². The Labute approximate surface area is 122 Å². The molecule has 0 amide bonds. The van der Waals surface area contributed by atoms with Crippen LogP contribution in [0.2, 0.25) is 0 Å². The van der Waals surface area contributed by atoms with E-state index in [4.69, 9.17) is 5.11 Å². The number of rotatable bonds is 2. The number of benzene rings is 1. The summed E-state index contributed by atoms with van der Waals surface area (Å²) in [6, 6.07) is 5.29. The zero-order valence-electron chi connectivity index (χ0n) is 12.0. The van der Waals surface area contributed by atoms with Gasteiger partial charge in [0.2, 0.25) is 5.95 Å². The fourth-order valence-electron chi connectivity index (χ4n) is 2.44. The topological polar surface area (TPSA) is 79.2 Å². The molecule has 0 saturated carbocycles. The highest BCUT2D eigenvalue weighted by Gasteiger charge is 2.20. The number of hydrogen-bond donors (Lipinski definition) is 1. The number of aryl methyl sites for hydroxylation is 2. The lowest BCUT2D eigenvalue weighted by Gasteiger charge is -2.28. The Morgan fingerprint density at radius 3 is 2.71 bits per heavy atom. The third-order valence-electron chi connectivity index (χ3n) is 3.83. The van der Waals surface area contributed by atoms with E-state index in [0.29, 0.717) is 18.1 Å². The van der Waals surface area contributed by atoms with Gasteiger partial charge in [-0.25, -0.2) is 9.78 Å². The molecule has 0 atom stereocenters. The number of nitrogens with zero attached hydrogens (tertiary/aromatic N) is 4. The van der Waals surface area contributed by atoms with Crippen molar-refractivity contribution in [1.82, 2.24) is 15.2 Å². The van der Waals surface area contributed by atoms with Gasteiger partial charge in [-0.3, -0.25) is 0 Å². The van der Waals surface area contributed by atoms with Gasteiger partial charge in [-0.2, -0.15) is 5.10 Å². The first kappa shape index (κ1) is 13.5. The summed E-state index contributed by atoms with van der Waals surface area (Å²) in [5.74, 6) is -0.302. The van der Waals surface area contributed by atoms with Crippen LogP contribution in [0.4, 0.5) is 5.95 Å². The first-order valence-electron chi connectivity index (χ1n) is 6.82. The number of carboxylic acid groups (broad SMARTS) is 1. The molecule has 1 aromatic heterocycles. The van der Waals surface area contributed by atoms with Gasteiger partial charge in [0.05, 0.1) is 17.0 Å². The fraction of sp³-hybridized carbons (Fsp3) is 0.333. The van der Waals surface area contributed by atoms with E-state index in [1.54, 1.807) is 12.1 Å². The van der Waals surface area contributed by atoms with E-state index < -0.39 is 5.97 Å². The highest BCUT2D eigenvalue weighted by atomic mass is 16.4. The van der Waals surface area contributed by atoms with Gasteiger partial charge in [0, 0.05) is 13.1 Å². The van der Waals surface area contributed by atoms with E-state index in [-0.39, 0.29) is 0 Å². The third-order valence-corrected chi connectivity index (χ3v) is 3.83. The highest BCUT2D eigenvalue weighted by molar-refractivity contribution is 5.88. The Bertz CT molecular complexity index is 715. The molecular formula is C15H16N4O2. The molecule has 108 valence electrons. The second-order valence-electron chi connectivity index (χ2n) is 5.24. The summed E-state index contributed by atoms with van der Waals surface area (Å²) >= 11 is 0. The average Bonchev–Trinajstić information content (AvgIpc) is 2.49. The second kappa shape index (κ2) is 5.12. The molecule has 0 fully saturated rings. The van der Waals surface area contributed by atoms with Crippen molar-refractivity contribution in [3.8, 4) is 0 Å². The minimum absolute atomic E-state index is 0.315. The molecule has 0 radical (unpaired) electrons. The third kappa shape index (κ3) is 2.56. The maximum absolute atomic E-state index is 11.1. The summed E-state index contributed by atoms with van der Waals surface area (Å²) in [5, 5.41) is 17.3. The maximum atomic E-state index is 11.1. The average molecular weight is 284 g/mol. The summed E-state index contributed by atoms with van der Waals surface area (Å²) in [6.45, 7) is 5.21. The van der Waals surface area contributed by atoms with Crippen LogP contribution in [0.25, 0.3) is 0 Å². The Balaban J connectivity index is 1.90. The van der Waals surface area contributed by atoms with Gasteiger partial charge in [0.25, 0.3) is 0 Å². The van der Waals surface area contributed by atoms with Crippen LogP contribution in [0.5, 0.6) is 0 Å². The summed E-state index contributed by atoms with van der Waals surface area (Å²) in [7, 11) is 0. The van der Waals surface area contributed by atoms with Gasteiger partial charge < -0.3 is 10.0 Å². The number of aromatic nitrogens is 3. The molecule has 3 rings (SSSR count). The van der Waals surface area contributed by atoms with E-state index in [9.17, 15) is 4.79 Å². The van der Waals surface area contributed by atoms with E-state index in [2.05, 4.69) is 15.2 Å². The minimum atomic E-state index is -0.904. The molecule has 1 aliphatic heterocycles. The SMILES string of the molecule is Cc1nnc(N2CCc3ccc(C(=O)O)cc3C2)nc1C. The minimum Gasteiger partial charge on any atom is -0.478 e. The van der Waals surface area contributed by atoms with Crippen LogP contribution in [0.15, 0.2) is 18.2 Å². The molecule has 1 aromatic carbocycles. The van der Waals surface area contributed by atoms with Gasteiger partial charge in [-0.05, 0) is 43.5 Å². The van der Waals surface area contributed by atoms with Crippen LogP contribution in [-0.4, -0.2) is 32.8 Å². The number of anilines is 1. The quantitative estimate of drug-likeness (QED) is 0.905. The Hall–Kier alpha value is -2.50. The van der Waals surface area contributed by atoms with Crippen molar-refractivity contribution < 1.29 is 9.90 Å². The van der Waals surface area contributed by atoms with Gasteiger partial charge in [0.15, 0.2) is 0 Å². The Kier molecular flexibility index (Phi) is 3.29. The molecule has 6 heteroatoms. The molecule has 2 aromatic rings. The Morgan fingerprint density at radius 1 is 1.19 bits per heavy atom. The Morgan fingerprint density at radius 2 is 2.00 bits per heavy atom.